The summed E-state index contributed by atoms with van der Waals surface area (Å²) in [5.74, 6) is -1.18. The van der Waals surface area contributed by atoms with Gasteiger partial charge in [-0.2, -0.15) is 0 Å². The summed E-state index contributed by atoms with van der Waals surface area (Å²) < 4.78 is 18.8. The average molecular weight is 385 g/mol. The maximum Gasteiger partial charge on any atom is 0.306 e. The van der Waals surface area contributed by atoms with E-state index in [0.29, 0.717) is 25.1 Å². The van der Waals surface area contributed by atoms with E-state index in [1.54, 1.807) is 12.1 Å². The van der Waals surface area contributed by atoms with Crippen LogP contribution < -0.4 is 10.1 Å². The molecule has 0 aromatic heterocycles. The van der Waals surface area contributed by atoms with Gasteiger partial charge in [0, 0.05) is 12.5 Å². The third-order valence-corrected chi connectivity index (χ3v) is 5.08. The second kappa shape index (κ2) is 9.35. The van der Waals surface area contributed by atoms with Gasteiger partial charge in [0.2, 0.25) is 5.91 Å². The van der Waals surface area contributed by atoms with Crippen molar-refractivity contribution in [3.05, 3.63) is 65.5 Å². The van der Waals surface area contributed by atoms with Crippen LogP contribution in [0.15, 0.2) is 48.5 Å². The van der Waals surface area contributed by atoms with Crippen LogP contribution in [0.1, 0.15) is 36.8 Å². The molecule has 0 heterocycles. The summed E-state index contributed by atoms with van der Waals surface area (Å²) in [6.07, 6.45) is 2.57. The molecule has 2 unspecified atom stereocenters. The lowest BCUT2D eigenvalue weighted by atomic mass is 9.81. The molecule has 5 nitrogen and oxygen atoms in total. The van der Waals surface area contributed by atoms with E-state index in [2.05, 4.69) is 5.32 Å². The number of hydrogen-bond acceptors (Lipinski definition) is 3. The van der Waals surface area contributed by atoms with Crippen LogP contribution in [0.3, 0.4) is 0 Å². The summed E-state index contributed by atoms with van der Waals surface area (Å²) in [5, 5.41) is 12.0. The Hall–Kier alpha value is -2.89. The minimum absolute atomic E-state index is 0.0858. The molecule has 3 rings (SSSR count). The molecule has 0 bridgehead atoms. The molecule has 1 aliphatic rings. The van der Waals surface area contributed by atoms with Gasteiger partial charge < -0.3 is 15.2 Å². The van der Waals surface area contributed by atoms with E-state index in [1.165, 1.54) is 12.1 Å². The fourth-order valence-corrected chi connectivity index (χ4v) is 3.48. The number of carbonyl (C=O) groups excluding carboxylic acids is 1. The van der Waals surface area contributed by atoms with Crippen molar-refractivity contribution in [1.82, 2.24) is 5.32 Å². The maximum absolute atomic E-state index is 13.2. The van der Waals surface area contributed by atoms with Crippen molar-refractivity contribution in [3.63, 3.8) is 0 Å². The molecule has 2 aromatic carbocycles. The van der Waals surface area contributed by atoms with Crippen LogP contribution in [0.4, 0.5) is 4.39 Å². The van der Waals surface area contributed by atoms with Crippen molar-refractivity contribution in [2.45, 2.75) is 38.8 Å². The molecular formula is C22H24FNO4. The van der Waals surface area contributed by atoms with Crippen molar-refractivity contribution in [2.24, 2.45) is 11.8 Å². The Labute approximate surface area is 163 Å². The molecule has 1 fully saturated rings. The first-order valence-corrected chi connectivity index (χ1v) is 9.48. The van der Waals surface area contributed by atoms with Gasteiger partial charge in [-0.25, -0.2) is 4.39 Å². The Balaban J connectivity index is 1.46. The largest absolute Gasteiger partial charge is 0.489 e. The summed E-state index contributed by atoms with van der Waals surface area (Å²) >= 11 is 0. The molecule has 1 amide bonds. The standard InChI is InChI=1S/C22H24FNO4/c23-19-6-1-3-16(11-19)14-28-20-9-7-15(8-10-20)13-24-21(25)17-4-2-5-18(12-17)22(26)27/h1,3,6-11,17-18H,2,4-5,12-14H2,(H,24,25)(H,26,27). The van der Waals surface area contributed by atoms with Crippen LogP contribution in [0.25, 0.3) is 0 Å². The van der Waals surface area contributed by atoms with E-state index in [4.69, 9.17) is 9.84 Å². The Kier molecular flexibility index (Phi) is 6.63. The first kappa shape index (κ1) is 19.9. The smallest absolute Gasteiger partial charge is 0.306 e. The Morgan fingerprint density at radius 3 is 2.54 bits per heavy atom. The molecule has 6 heteroatoms. The normalized spacial score (nSPS) is 19.0. The van der Waals surface area contributed by atoms with Crippen LogP contribution in [0.5, 0.6) is 5.75 Å². The van der Waals surface area contributed by atoms with Crippen molar-refractivity contribution in [1.29, 1.82) is 0 Å². The maximum atomic E-state index is 13.2. The molecule has 2 aromatic rings. The number of carboxylic acids is 1. The van der Waals surface area contributed by atoms with Gasteiger partial charge in [0.1, 0.15) is 18.2 Å². The Morgan fingerprint density at radius 1 is 1.07 bits per heavy atom. The van der Waals surface area contributed by atoms with E-state index in [0.717, 1.165) is 24.0 Å². The highest BCUT2D eigenvalue weighted by Crippen LogP contribution is 2.29. The van der Waals surface area contributed by atoms with Crippen LogP contribution in [-0.4, -0.2) is 17.0 Å². The van der Waals surface area contributed by atoms with Crippen LogP contribution in [-0.2, 0) is 22.7 Å². The molecule has 28 heavy (non-hydrogen) atoms. The number of nitrogens with one attached hydrogen (secondary N) is 1. The van der Waals surface area contributed by atoms with E-state index < -0.39 is 11.9 Å². The van der Waals surface area contributed by atoms with Crippen LogP contribution in [0, 0.1) is 17.7 Å². The molecule has 0 saturated heterocycles. The zero-order valence-corrected chi connectivity index (χ0v) is 15.6. The fourth-order valence-electron chi connectivity index (χ4n) is 3.48. The molecule has 1 aliphatic carbocycles. The molecular weight excluding hydrogens is 361 g/mol. The summed E-state index contributed by atoms with van der Waals surface area (Å²) in [4.78, 5) is 23.5. The number of amides is 1. The molecule has 148 valence electrons. The highest BCUT2D eigenvalue weighted by Gasteiger charge is 2.30. The van der Waals surface area contributed by atoms with Crippen LogP contribution in [0.2, 0.25) is 0 Å². The van der Waals surface area contributed by atoms with Crippen molar-refractivity contribution < 1.29 is 23.8 Å². The predicted molar refractivity (Wildman–Crippen MR) is 102 cm³/mol. The number of rotatable bonds is 7. The van der Waals surface area contributed by atoms with E-state index >= 15 is 0 Å². The summed E-state index contributed by atoms with van der Waals surface area (Å²) in [5.41, 5.74) is 1.68. The van der Waals surface area contributed by atoms with E-state index in [-0.39, 0.29) is 24.2 Å². The lowest BCUT2D eigenvalue weighted by Gasteiger charge is -2.25. The Bertz CT molecular complexity index is 822. The quantitative estimate of drug-likeness (QED) is 0.758. The van der Waals surface area contributed by atoms with E-state index in [1.807, 2.05) is 24.3 Å². The second-order valence-electron chi connectivity index (χ2n) is 7.18. The number of ether oxygens (including phenoxy) is 1. The Morgan fingerprint density at radius 2 is 1.82 bits per heavy atom. The third-order valence-electron chi connectivity index (χ3n) is 5.08. The van der Waals surface area contributed by atoms with E-state index in [9.17, 15) is 14.0 Å². The highest BCUT2D eigenvalue weighted by molar-refractivity contribution is 5.80. The van der Waals surface area contributed by atoms with Gasteiger partial charge in [-0.05, 0) is 54.7 Å². The minimum atomic E-state index is -0.814. The molecule has 0 spiro atoms. The second-order valence-corrected chi connectivity index (χ2v) is 7.18. The monoisotopic (exact) mass is 385 g/mol. The number of carboxylic acid groups (broad SMARTS) is 1. The SMILES string of the molecule is O=C(O)C1CCCC(C(=O)NCc2ccc(OCc3cccc(F)c3)cc2)C1. The van der Waals surface area contributed by atoms with Gasteiger partial charge in [-0.3, -0.25) is 9.59 Å². The summed E-state index contributed by atoms with van der Waals surface area (Å²) in [6.45, 7) is 0.664. The van der Waals surface area contributed by atoms with Crippen molar-refractivity contribution in [3.8, 4) is 5.75 Å². The molecule has 1 saturated carbocycles. The van der Waals surface area contributed by atoms with Gasteiger partial charge in [0.15, 0.2) is 0 Å². The minimum Gasteiger partial charge on any atom is -0.489 e. The molecule has 2 atom stereocenters. The van der Waals surface area contributed by atoms with Crippen molar-refractivity contribution in [2.75, 3.05) is 0 Å². The molecule has 0 radical (unpaired) electrons. The first-order valence-electron chi connectivity index (χ1n) is 9.48. The molecule has 0 aliphatic heterocycles. The molecule has 2 N–H and O–H groups in total. The third kappa shape index (κ3) is 5.55. The van der Waals surface area contributed by atoms with Gasteiger partial charge in [-0.1, -0.05) is 30.7 Å². The summed E-state index contributed by atoms with van der Waals surface area (Å²) in [7, 11) is 0. The van der Waals surface area contributed by atoms with Gasteiger partial charge in [-0.15, -0.1) is 0 Å². The lowest BCUT2D eigenvalue weighted by molar-refractivity contribution is -0.144. The zero-order valence-electron chi connectivity index (χ0n) is 15.6. The topological polar surface area (TPSA) is 75.6 Å². The zero-order chi connectivity index (χ0) is 19.9. The number of carbonyl (C=O) groups is 2. The van der Waals surface area contributed by atoms with Gasteiger partial charge >= 0.3 is 5.97 Å². The number of benzene rings is 2. The lowest BCUT2D eigenvalue weighted by Crippen LogP contribution is -2.35. The fraction of sp³-hybridized carbons (Fsp3) is 0.364. The predicted octanol–water partition coefficient (Wildman–Crippen LogP) is 3.91. The first-order chi connectivity index (χ1) is 13.5. The average Bonchev–Trinajstić information content (AvgIpc) is 2.71. The van der Waals surface area contributed by atoms with Gasteiger partial charge in [0.25, 0.3) is 0 Å². The van der Waals surface area contributed by atoms with Crippen molar-refractivity contribution >= 4 is 11.9 Å². The number of aliphatic carboxylic acids is 1. The van der Waals surface area contributed by atoms with Crippen LogP contribution >= 0.6 is 0 Å². The summed E-state index contributed by atoms with van der Waals surface area (Å²) in [6, 6.07) is 13.6. The number of hydrogen-bond donors (Lipinski definition) is 2. The number of halogens is 1. The van der Waals surface area contributed by atoms with Gasteiger partial charge in [0.05, 0.1) is 5.92 Å². The highest BCUT2D eigenvalue weighted by atomic mass is 19.1.